The Morgan fingerprint density at radius 2 is 0.911 bits per heavy atom. The summed E-state index contributed by atoms with van der Waals surface area (Å²) in [6.07, 6.45) is -0.962. The molecular formula is C28H52GdN6O10-4. The number of nitrogens with one attached hydrogen (secondary N) is 2. The molecule has 1 rings (SSSR count). The zero-order chi connectivity index (χ0) is 32.7. The van der Waals surface area contributed by atoms with E-state index in [9.17, 15) is 50.1 Å². The Bertz CT molecular complexity index is 773. The van der Waals surface area contributed by atoms with E-state index in [1.54, 1.807) is 14.7 Å². The maximum Gasteiger partial charge on any atom is 0.234 e. The summed E-state index contributed by atoms with van der Waals surface area (Å²) in [5.41, 5.74) is 0. The number of hydrogen-bond acceptors (Lipinski definition) is 14. The molecule has 1 fully saturated rings. The van der Waals surface area contributed by atoms with Gasteiger partial charge in [0, 0.05) is 137 Å². The van der Waals surface area contributed by atoms with E-state index in [4.69, 9.17) is 0 Å². The standard InChI is InChI=1S/C28H53N6O10.Gd/c35-23(29-9-6-2-4-8-25(37)38)7-3-1-5-10-30-24(36)19-31-11-13-32(20-26(39)40)15-17-34(22-28(43)44)18-16-33(14-12-31)21-27(41)42;/h26-28,39,41,43H,1-22H2,(H,29,35)(H,30,36)(H,37,38);/q-3;/p-1. The largest absolute Gasteiger partial charge is 0.830 e. The van der Waals surface area contributed by atoms with Crippen molar-refractivity contribution >= 4 is 17.8 Å². The molecule has 0 spiro atoms. The first-order valence-corrected chi connectivity index (χ1v) is 15.6. The second kappa shape index (κ2) is 27.3. The topological polar surface area (TPSA) is 241 Å². The molecule has 0 aromatic carbocycles. The van der Waals surface area contributed by atoms with Crippen LogP contribution in [0, 0.1) is 39.9 Å². The van der Waals surface area contributed by atoms with E-state index in [-0.39, 0.29) is 84.4 Å². The first kappa shape index (κ1) is 44.3. The molecule has 17 heteroatoms. The Morgan fingerprint density at radius 1 is 0.556 bits per heavy atom. The predicted molar refractivity (Wildman–Crippen MR) is 152 cm³/mol. The Balaban J connectivity index is 0.0000194. The number of carboxylic acids is 1. The predicted octanol–water partition coefficient (Wildman–Crippen LogP) is -6.65. The molecule has 0 aromatic heterocycles. The Hall–Kier alpha value is -0.665. The second-order valence-electron chi connectivity index (χ2n) is 11.2. The third-order valence-electron chi connectivity index (χ3n) is 7.32. The summed E-state index contributed by atoms with van der Waals surface area (Å²) in [6.45, 7) is 3.51. The first-order chi connectivity index (χ1) is 20.9. The van der Waals surface area contributed by atoms with Crippen molar-refractivity contribution in [1.29, 1.82) is 0 Å². The number of nitrogens with zero attached hydrogens (tertiary/aromatic N) is 4. The van der Waals surface area contributed by atoms with Crippen LogP contribution in [0.25, 0.3) is 0 Å². The van der Waals surface area contributed by atoms with Gasteiger partial charge in [-0.15, -0.1) is 0 Å². The molecule has 2 amide bonds. The van der Waals surface area contributed by atoms with Gasteiger partial charge in [-0.1, -0.05) is 12.8 Å². The number of unbranched alkanes of at least 4 members (excludes halogenated alkanes) is 4. The number of rotatable bonds is 20. The van der Waals surface area contributed by atoms with Crippen molar-refractivity contribution in [3.05, 3.63) is 0 Å². The molecule has 3 atom stereocenters. The maximum atomic E-state index is 12.7. The number of aliphatic carboxylic acids is 1. The zero-order valence-corrected chi connectivity index (χ0v) is 28.4. The van der Waals surface area contributed by atoms with Crippen LogP contribution < -0.4 is 31.1 Å². The number of amides is 2. The van der Waals surface area contributed by atoms with Gasteiger partial charge in [-0.3, -0.25) is 29.2 Å². The third kappa shape index (κ3) is 26.0. The van der Waals surface area contributed by atoms with Gasteiger partial charge in [0.2, 0.25) is 11.8 Å². The van der Waals surface area contributed by atoms with Crippen LogP contribution in [0.2, 0.25) is 0 Å². The van der Waals surface area contributed by atoms with Crippen LogP contribution in [0.15, 0.2) is 0 Å². The third-order valence-corrected chi connectivity index (χ3v) is 7.32. The number of β-amino-alcohol motifs (C(OH)–C–C–N with tert-alkyl or cyclic N) is 3. The summed E-state index contributed by atoms with van der Waals surface area (Å²) in [5, 5.41) is 78.7. The first-order valence-electron chi connectivity index (χ1n) is 15.6. The van der Waals surface area contributed by atoms with Crippen LogP contribution in [0.5, 0.6) is 0 Å². The van der Waals surface area contributed by atoms with Gasteiger partial charge in [-0.05, 0) is 51.0 Å². The molecule has 1 aliphatic heterocycles. The minimum atomic E-state index is -1.81. The Labute approximate surface area is 298 Å². The molecule has 3 unspecified atom stereocenters. The molecular weight excluding hydrogens is 738 g/mol. The fraction of sp³-hybridized carbons (Fsp3) is 0.893. The van der Waals surface area contributed by atoms with E-state index in [1.807, 2.05) is 4.90 Å². The van der Waals surface area contributed by atoms with Crippen molar-refractivity contribution in [3.8, 4) is 0 Å². The molecule has 0 aliphatic carbocycles. The minimum absolute atomic E-state index is 0. The van der Waals surface area contributed by atoms with Crippen LogP contribution in [0.1, 0.15) is 51.4 Å². The van der Waals surface area contributed by atoms with Crippen molar-refractivity contribution in [2.24, 2.45) is 0 Å². The van der Waals surface area contributed by atoms with Gasteiger partial charge in [0.15, 0.2) is 0 Å². The molecule has 16 nitrogen and oxygen atoms in total. The van der Waals surface area contributed by atoms with Crippen molar-refractivity contribution in [2.45, 2.75) is 70.2 Å². The van der Waals surface area contributed by atoms with Crippen LogP contribution in [0.4, 0.5) is 0 Å². The number of aliphatic hydroxyl groups is 3. The van der Waals surface area contributed by atoms with Gasteiger partial charge in [-0.2, -0.15) is 0 Å². The normalized spacial score (nSPS) is 18.5. The van der Waals surface area contributed by atoms with E-state index in [0.29, 0.717) is 104 Å². The summed E-state index contributed by atoms with van der Waals surface area (Å²) in [5.74, 6) is -1.32. The monoisotopic (exact) mass is 790 g/mol. The van der Waals surface area contributed by atoms with Crippen LogP contribution in [-0.2, 0) is 14.4 Å². The zero-order valence-electron chi connectivity index (χ0n) is 26.1. The molecule has 1 saturated heterocycles. The fourth-order valence-corrected chi connectivity index (χ4v) is 4.91. The molecule has 0 radical (unpaired) electrons. The SMILES string of the molecule is O=C([O-])CCCCCNC(=O)CCCCCNC(=O)CN1CCN(CC([O-])O)CCN(CC([O-])O)CCN(CC([O-])O)CC1.[Gd]. The number of carbonyl (C=O) groups excluding carboxylic acids is 3. The fourth-order valence-electron chi connectivity index (χ4n) is 4.91. The molecule has 5 N–H and O–H groups in total. The summed E-state index contributed by atoms with van der Waals surface area (Å²) in [7, 11) is 0. The number of aliphatic hydroxyl groups excluding tert-OH is 3. The van der Waals surface area contributed by atoms with Crippen molar-refractivity contribution in [2.75, 3.05) is 91.6 Å². The summed E-state index contributed by atoms with van der Waals surface area (Å²) in [6, 6.07) is 0. The van der Waals surface area contributed by atoms with E-state index in [2.05, 4.69) is 10.6 Å². The Morgan fingerprint density at radius 3 is 1.29 bits per heavy atom. The van der Waals surface area contributed by atoms with Crippen molar-refractivity contribution in [3.63, 3.8) is 0 Å². The number of carbonyl (C=O) groups is 3. The van der Waals surface area contributed by atoms with Gasteiger partial charge >= 0.3 is 0 Å². The van der Waals surface area contributed by atoms with Gasteiger partial charge in [0.1, 0.15) is 0 Å². The second-order valence-corrected chi connectivity index (χ2v) is 11.2. The van der Waals surface area contributed by atoms with Gasteiger partial charge in [0.05, 0.1) is 6.54 Å². The molecule has 0 saturated carbocycles. The van der Waals surface area contributed by atoms with Crippen LogP contribution in [-0.4, -0.2) is 163 Å². The maximum absolute atomic E-state index is 12.7. The summed E-state index contributed by atoms with van der Waals surface area (Å²) >= 11 is 0. The van der Waals surface area contributed by atoms with Crippen molar-refractivity contribution < 1.29 is 90.1 Å². The average Bonchev–Trinajstić information content (AvgIpc) is 2.92. The number of carboxylic acid groups (broad SMARTS) is 1. The van der Waals surface area contributed by atoms with Gasteiger partial charge in [-0.25, -0.2) is 0 Å². The van der Waals surface area contributed by atoms with Crippen LogP contribution >= 0.6 is 0 Å². The van der Waals surface area contributed by atoms with Crippen molar-refractivity contribution in [1.82, 2.24) is 30.2 Å². The molecule has 1 aliphatic rings. The molecule has 0 aromatic rings. The molecule has 266 valence electrons. The summed E-state index contributed by atoms with van der Waals surface area (Å²) < 4.78 is 0. The average molecular weight is 790 g/mol. The van der Waals surface area contributed by atoms with Gasteiger partial charge in [0.25, 0.3) is 0 Å². The van der Waals surface area contributed by atoms with Crippen LogP contribution in [0.3, 0.4) is 0 Å². The Kier molecular flexibility index (Phi) is 26.9. The minimum Gasteiger partial charge on any atom is -0.830 e. The number of hydrogen-bond donors (Lipinski definition) is 5. The van der Waals surface area contributed by atoms with E-state index in [0.717, 1.165) is 6.42 Å². The van der Waals surface area contributed by atoms with E-state index < -0.39 is 24.8 Å². The molecule has 1 heterocycles. The molecule has 45 heavy (non-hydrogen) atoms. The molecule has 0 bridgehead atoms. The quantitative estimate of drug-likeness (QED) is 0.0570. The van der Waals surface area contributed by atoms with E-state index in [1.165, 1.54) is 0 Å². The summed E-state index contributed by atoms with van der Waals surface area (Å²) in [4.78, 5) is 42.1. The van der Waals surface area contributed by atoms with E-state index >= 15 is 0 Å². The van der Waals surface area contributed by atoms with Gasteiger partial charge < -0.3 is 51.2 Å². The smallest absolute Gasteiger partial charge is 0.234 e.